The zero-order valence-corrected chi connectivity index (χ0v) is 14.5. The fourth-order valence-electron chi connectivity index (χ4n) is 3.00. The van der Waals surface area contributed by atoms with Gasteiger partial charge in [-0.25, -0.2) is 14.2 Å². The van der Waals surface area contributed by atoms with Crippen LogP contribution in [0.15, 0.2) is 36.7 Å². The molecule has 0 saturated carbocycles. The molecule has 2 aromatic rings. The van der Waals surface area contributed by atoms with Crippen LogP contribution in [0.4, 0.5) is 9.18 Å². The Morgan fingerprint density at radius 1 is 1.52 bits per heavy atom. The molecular weight excluding hydrogens is 323 g/mol. The number of halogens is 1. The first-order chi connectivity index (χ1) is 12.1. The number of rotatable bonds is 4. The van der Waals surface area contributed by atoms with Crippen LogP contribution in [0.5, 0.6) is 0 Å². The van der Waals surface area contributed by atoms with Gasteiger partial charge in [-0.3, -0.25) is 0 Å². The van der Waals surface area contributed by atoms with Gasteiger partial charge in [0.15, 0.2) is 0 Å². The largest absolute Gasteiger partial charge is 0.375 e. The molecule has 2 heterocycles. The average Bonchev–Trinajstić information content (AvgIpc) is 3.05. The second-order valence-electron chi connectivity index (χ2n) is 6.18. The summed E-state index contributed by atoms with van der Waals surface area (Å²) in [5, 5.41) is 3.00. The van der Waals surface area contributed by atoms with Gasteiger partial charge in [0.05, 0.1) is 12.7 Å². The highest BCUT2D eigenvalue weighted by molar-refractivity contribution is 5.75. The van der Waals surface area contributed by atoms with Crippen LogP contribution in [0.2, 0.25) is 0 Å². The lowest BCUT2D eigenvalue weighted by Gasteiger charge is -2.33. The van der Waals surface area contributed by atoms with E-state index in [9.17, 15) is 9.18 Å². The standard InChI is InChI=1S/C18H23FN4O2/c1-3-15-12-23(9-10-25-15)18(24)21-16(17-20-7-8-22(17)2)13-5-4-6-14(19)11-13/h4-8,11,15-16H,3,9-10,12H2,1-2H3,(H,21,24)/t15-,16-/m1/s1. The highest BCUT2D eigenvalue weighted by atomic mass is 19.1. The number of benzene rings is 1. The van der Waals surface area contributed by atoms with Crippen LogP contribution in [0, 0.1) is 5.82 Å². The summed E-state index contributed by atoms with van der Waals surface area (Å²) in [6.45, 7) is 3.66. The minimum Gasteiger partial charge on any atom is -0.375 e. The molecule has 0 unspecified atom stereocenters. The number of carbonyl (C=O) groups is 1. The Balaban J connectivity index is 1.83. The van der Waals surface area contributed by atoms with E-state index in [1.165, 1.54) is 12.1 Å². The number of aryl methyl sites for hydroxylation is 1. The maximum absolute atomic E-state index is 13.7. The quantitative estimate of drug-likeness (QED) is 0.925. The number of amides is 2. The second-order valence-corrected chi connectivity index (χ2v) is 6.18. The zero-order chi connectivity index (χ0) is 17.8. The fourth-order valence-corrected chi connectivity index (χ4v) is 3.00. The van der Waals surface area contributed by atoms with Crippen molar-refractivity contribution in [2.75, 3.05) is 19.7 Å². The SMILES string of the molecule is CC[C@@H]1CN(C(=O)N[C@H](c2cccc(F)c2)c2nccn2C)CCO1. The molecule has 1 aromatic carbocycles. The normalized spacial score (nSPS) is 18.8. The van der Waals surface area contributed by atoms with E-state index in [0.29, 0.717) is 31.1 Å². The molecule has 1 aliphatic heterocycles. The van der Waals surface area contributed by atoms with Crippen molar-refractivity contribution in [2.24, 2.45) is 7.05 Å². The molecule has 134 valence electrons. The van der Waals surface area contributed by atoms with Crippen LogP contribution < -0.4 is 5.32 Å². The first kappa shape index (κ1) is 17.4. The Hall–Kier alpha value is -2.41. The molecule has 6 nitrogen and oxygen atoms in total. The summed E-state index contributed by atoms with van der Waals surface area (Å²) in [5.41, 5.74) is 0.656. The number of nitrogens with one attached hydrogen (secondary N) is 1. The van der Waals surface area contributed by atoms with Crippen molar-refractivity contribution in [1.29, 1.82) is 0 Å². The van der Waals surface area contributed by atoms with E-state index >= 15 is 0 Å². The molecule has 1 aromatic heterocycles. The third-order valence-corrected chi connectivity index (χ3v) is 4.45. The minimum absolute atomic E-state index is 0.0558. The van der Waals surface area contributed by atoms with Gasteiger partial charge in [-0.1, -0.05) is 19.1 Å². The van der Waals surface area contributed by atoms with Gasteiger partial charge in [-0.2, -0.15) is 0 Å². The fraction of sp³-hybridized carbons (Fsp3) is 0.444. The van der Waals surface area contributed by atoms with Crippen molar-refractivity contribution in [3.05, 3.63) is 53.9 Å². The van der Waals surface area contributed by atoms with Gasteiger partial charge in [-0.15, -0.1) is 0 Å². The molecule has 0 radical (unpaired) electrons. The van der Waals surface area contributed by atoms with Crippen LogP contribution in [-0.2, 0) is 11.8 Å². The van der Waals surface area contributed by atoms with Gasteiger partial charge in [0, 0.05) is 32.5 Å². The molecule has 0 bridgehead atoms. The Bertz CT molecular complexity index is 733. The topological polar surface area (TPSA) is 59.4 Å². The van der Waals surface area contributed by atoms with E-state index in [4.69, 9.17) is 4.74 Å². The summed E-state index contributed by atoms with van der Waals surface area (Å²) in [6.07, 6.45) is 4.38. The number of hydrogen-bond donors (Lipinski definition) is 1. The summed E-state index contributed by atoms with van der Waals surface area (Å²) in [5.74, 6) is 0.308. The maximum atomic E-state index is 13.7. The third-order valence-electron chi connectivity index (χ3n) is 4.45. The van der Waals surface area contributed by atoms with Gasteiger partial charge in [-0.05, 0) is 24.1 Å². The molecule has 2 atom stereocenters. The molecular formula is C18H23FN4O2. The van der Waals surface area contributed by atoms with Gasteiger partial charge < -0.3 is 19.5 Å². The van der Waals surface area contributed by atoms with Crippen LogP contribution in [-0.4, -0.2) is 46.3 Å². The summed E-state index contributed by atoms with van der Waals surface area (Å²) < 4.78 is 21.1. The smallest absolute Gasteiger partial charge is 0.318 e. The number of nitrogens with zero attached hydrogens (tertiary/aromatic N) is 3. The molecule has 2 amide bonds. The number of ether oxygens (including phenoxy) is 1. The van der Waals surface area contributed by atoms with Gasteiger partial charge >= 0.3 is 6.03 Å². The van der Waals surface area contributed by atoms with Crippen molar-refractivity contribution in [3.63, 3.8) is 0 Å². The van der Waals surface area contributed by atoms with Gasteiger partial charge in [0.2, 0.25) is 0 Å². The Morgan fingerprint density at radius 3 is 3.04 bits per heavy atom. The van der Waals surface area contributed by atoms with Crippen LogP contribution in [0.1, 0.15) is 30.8 Å². The number of aromatic nitrogens is 2. The Kier molecular flexibility index (Phi) is 5.33. The van der Waals surface area contributed by atoms with Crippen molar-refractivity contribution >= 4 is 6.03 Å². The minimum atomic E-state index is -0.522. The second kappa shape index (κ2) is 7.65. The number of carbonyl (C=O) groups excluding carboxylic acids is 1. The Morgan fingerprint density at radius 2 is 2.36 bits per heavy atom. The van der Waals surface area contributed by atoms with Crippen LogP contribution in [0.25, 0.3) is 0 Å². The van der Waals surface area contributed by atoms with Crippen molar-refractivity contribution < 1.29 is 13.9 Å². The lowest BCUT2D eigenvalue weighted by atomic mass is 10.1. The number of morpholine rings is 1. The molecule has 25 heavy (non-hydrogen) atoms. The molecule has 0 aliphatic carbocycles. The molecule has 1 saturated heterocycles. The van der Waals surface area contributed by atoms with Gasteiger partial charge in [0.25, 0.3) is 0 Å². The van der Waals surface area contributed by atoms with E-state index in [1.807, 2.05) is 18.5 Å². The molecule has 1 aliphatic rings. The monoisotopic (exact) mass is 346 g/mol. The highest BCUT2D eigenvalue weighted by Gasteiger charge is 2.27. The molecule has 7 heteroatoms. The van der Waals surface area contributed by atoms with E-state index in [2.05, 4.69) is 10.3 Å². The summed E-state index contributed by atoms with van der Waals surface area (Å²) in [4.78, 5) is 18.8. The van der Waals surface area contributed by atoms with E-state index in [1.54, 1.807) is 29.4 Å². The van der Waals surface area contributed by atoms with Crippen molar-refractivity contribution in [1.82, 2.24) is 19.8 Å². The van der Waals surface area contributed by atoms with E-state index in [0.717, 1.165) is 6.42 Å². The van der Waals surface area contributed by atoms with Crippen molar-refractivity contribution in [2.45, 2.75) is 25.5 Å². The number of hydrogen-bond acceptors (Lipinski definition) is 3. The summed E-state index contributed by atoms with van der Waals surface area (Å²) in [7, 11) is 1.85. The third kappa shape index (κ3) is 3.99. The highest BCUT2D eigenvalue weighted by Crippen LogP contribution is 2.22. The molecule has 0 spiro atoms. The zero-order valence-electron chi connectivity index (χ0n) is 14.5. The Labute approximate surface area is 146 Å². The van der Waals surface area contributed by atoms with Crippen molar-refractivity contribution in [3.8, 4) is 0 Å². The molecule has 1 fully saturated rings. The number of urea groups is 1. The van der Waals surface area contributed by atoms with Gasteiger partial charge in [0.1, 0.15) is 17.7 Å². The lowest BCUT2D eigenvalue weighted by Crippen LogP contribution is -2.50. The summed E-state index contributed by atoms with van der Waals surface area (Å²) >= 11 is 0. The first-order valence-electron chi connectivity index (χ1n) is 8.48. The van der Waals surface area contributed by atoms with Crippen LogP contribution >= 0.6 is 0 Å². The van der Waals surface area contributed by atoms with Crippen LogP contribution in [0.3, 0.4) is 0 Å². The van der Waals surface area contributed by atoms with E-state index < -0.39 is 6.04 Å². The predicted octanol–water partition coefficient (Wildman–Crippen LogP) is 2.47. The summed E-state index contributed by atoms with van der Waals surface area (Å²) in [6, 6.07) is 5.51. The molecule has 3 rings (SSSR count). The number of imidazole rings is 1. The first-order valence-corrected chi connectivity index (χ1v) is 8.48. The average molecular weight is 346 g/mol. The lowest BCUT2D eigenvalue weighted by molar-refractivity contribution is -0.0156. The van der Waals surface area contributed by atoms with E-state index in [-0.39, 0.29) is 18.0 Å². The predicted molar refractivity (Wildman–Crippen MR) is 91.6 cm³/mol. The molecule has 1 N–H and O–H groups in total. The maximum Gasteiger partial charge on any atom is 0.318 e.